The molecule has 0 spiro atoms. The van der Waals surface area contributed by atoms with Crippen LogP contribution in [0.1, 0.15) is 6.42 Å². The number of nitrogens with one attached hydrogen (secondary N) is 1. The smallest absolute Gasteiger partial charge is 0.336 e. The minimum Gasteiger partial charge on any atom is -0.484 e. The molecule has 0 saturated heterocycles. The Balaban J connectivity index is 1.95. The number of hydrogen-bond donors (Lipinski definition) is 2. The molecular formula is C16H17NO6S. The SMILES string of the molecule is CSCCC(NC(=O)COc1ccc2ccc(=O)oc2c1)C(=O)O. The molecule has 0 fully saturated rings. The van der Waals surface area contributed by atoms with Gasteiger partial charge in [0.05, 0.1) is 0 Å². The van der Waals surface area contributed by atoms with Gasteiger partial charge >= 0.3 is 11.6 Å². The maximum Gasteiger partial charge on any atom is 0.336 e. The number of amides is 1. The van der Waals surface area contributed by atoms with Crippen LogP contribution in [0.4, 0.5) is 0 Å². The number of rotatable bonds is 8. The zero-order valence-corrected chi connectivity index (χ0v) is 13.8. The Labute approximate surface area is 142 Å². The van der Waals surface area contributed by atoms with Gasteiger partial charge < -0.3 is 19.6 Å². The van der Waals surface area contributed by atoms with Crippen LogP contribution in [0.15, 0.2) is 39.5 Å². The predicted molar refractivity (Wildman–Crippen MR) is 90.5 cm³/mol. The fourth-order valence-corrected chi connectivity index (χ4v) is 2.48. The van der Waals surface area contributed by atoms with Crippen LogP contribution in [0, 0.1) is 0 Å². The number of hydrogen-bond acceptors (Lipinski definition) is 6. The number of aliphatic carboxylic acids is 1. The highest BCUT2D eigenvalue weighted by Crippen LogP contribution is 2.19. The summed E-state index contributed by atoms with van der Waals surface area (Å²) in [6.07, 6.45) is 2.20. The molecule has 128 valence electrons. The first-order valence-corrected chi connectivity index (χ1v) is 8.57. The normalized spacial score (nSPS) is 11.9. The first kappa shape index (κ1) is 17.9. The van der Waals surface area contributed by atoms with Gasteiger partial charge in [-0.2, -0.15) is 11.8 Å². The molecule has 0 saturated carbocycles. The monoisotopic (exact) mass is 351 g/mol. The van der Waals surface area contributed by atoms with Crippen LogP contribution >= 0.6 is 11.8 Å². The minimum atomic E-state index is -1.08. The van der Waals surface area contributed by atoms with Crippen LogP contribution in [0.3, 0.4) is 0 Å². The molecule has 0 aliphatic heterocycles. The van der Waals surface area contributed by atoms with Crippen LogP contribution < -0.4 is 15.7 Å². The second kappa shape index (κ2) is 8.39. The second-order valence-electron chi connectivity index (χ2n) is 4.98. The summed E-state index contributed by atoms with van der Waals surface area (Å²) in [6, 6.07) is 6.84. The Morgan fingerprint density at radius 3 is 2.79 bits per heavy atom. The highest BCUT2D eigenvalue weighted by Gasteiger charge is 2.19. The van der Waals surface area contributed by atoms with Crippen molar-refractivity contribution in [1.82, 2.24) is 5.32 Å². The van der Waals surface area contributed by atoms with Crippen LogP contribution in [0.25, 0.3) is 11.0 Å². The quantitative estimate of drug-likeness (QED) is 0.694. The van der Waals surface area contributed by atoms with E-state index in [1.807, 2.05) is 6.26 Å². The van der Waals surface area contributed by atoms with Crippen LogP contribution in [-0.2, 0) is 9.59 Å². The van der Waals surface area contributed by atoms with E-state index in [2.05, 4.69) is 5.32 Å². The number of carboxylic acids is 1. The third-order valence-electron chi connectivity index (χ3n) is 3.21. The Bertz CT molecular complexity index is 787. The van der Waals surface area contributed by atoms with Crippen molar-refractivity contribution >= 4 is 34.6 Å². The van der Waals surface area contributed by atoms with Crippen molar-refractivity contribution in [1.29, 1.82) is 0 Å². The third kappa shape index (κ3) is 5.02. The molecule has 8 heteroatoms. The summed E-state index contributed by atoms with van der Waals surface area (Å²) in [5, 5.41) is 12.2. The predicted octanol–water partition coefficient (Wildman–Crippen LogP) is 1.49. The summed E-state index contributed by atoms with van der Waals surface area (Å²) >= 11 is 1.51. The highest BCUT2D eigenvalue weighted by atomic mass is 32.2. The van der Waals surface area contributed by atoms with Crippen molar-refractivity contribution in [3.8, 4) is 5.75 Å². The first-order valence-electron chi connectivity index (χ1n) is 7.17. The van der Waals surface area contributed by atoms with Gasteiger partial charge in [0.1, 0.15) is 17.4 Å². The van der Waals surface area contributed by atoms with Gasteiger partial charge in [0.25, 0.3) is 5.91 Å². The van der Waals surface area contributed by atoms with E-state index in [-0.39, 0.29) is 6.61 Å². The van der Waals surface area contributed by atoms with E-state index >= 15 is 0 Å². The van der Waals surface area contributed by atoms with Crippen molar-refractivity contribution in [2.24, 2.45) is 0 Å². The summed E-state index contributed by atoms with van der Waals surface area (Å²) in [6.45, 7) is -0.328. The number of thioether (sulfide) groups is 1. The molecule has 2 aromatic rings. The number of carboxylic acid groups (broad SMARTS) is 1. The van der Waals surface area contributed by atoms with Crippen LogP contribution in [0.5, 0.6) is 5.75 Å². The highest BCUT2D eigenvalue weighted by molar-refractivity contribution is 7.98. The molecular weight excluding hydrogens is 334 g/mol. The molecule has 0 aliphatic rings. The summed E-state index contributed by atoms with van der Waals surface area (Å²) < 4.78 is 10.4. The molecule has 24 heavy (non-hydrogen) atoms. The van der Waals surface area contributed by atoms with Crippen LogP contribution in [-0.4, -0.2) is 41.6 Å². The van der Waals surface area contributed by atoms with E-state index in [4.69, 9.17) is 14.3 Å². The lowest BCUT2D eigenvalue weighted by Gasteiger charge is -2.14. The van der Waals surface area contributed by atoms with Gasteiger partial charge in [-0.15, -0.1) is 0 Å². The number of carbonyl (C=O) groups excluding carboxylic acids is 1. The summed E-state index contributed by atoms with van der Waals surface area (Å²) in [5.41, 5.74) is -0.126. The maximum atomic E-state index is 11.8. The average molecular weight is 351 g/mol. The summed E-state index contributed by atoms with van der Waals surface area (Å²) in [4.78, 5) is 34.1. The number of carbonyl (C=O) groups is 2. The van der Waals surface area contributed by atoms with E-state index in [1.54, 1.807) is 18.2 Å². The van der Waals surface area contributed by atoms with E-state index in [0.717, 1.165) is 5.39 Å². The average Bonchev–Trinajstić information content (AvgIpc) is 2.56. The first-order chi connectivity index (χ1) is 11.5. The lowest BCUT2D eigenvalue weighted by Crippen LogP contribution is -2.43. The Morgan fingerprint density at radius 1 is 1.33 bits per heavy atom. The topological polar surface area (TPSA) is 106 Å². The minimum absolute atomic E-state index is 0.328. The fourth-order valence-electron chi connectivity index (χ4n) is 2.01. The van der Waals surface area contributed by atoms with Crippen molar-refractivity contribution in [3.05, 3.63) is 40.8 Å². The molecule has 1 aromatic heterocycles. The van der Waals surface area contributed by atoms with E-state index in [1.165, 1.54) is 23.9 Å². The lowest BCUT2D eigenvalue weighted by atomic mass is 10.2. The van der Waals surface area contributed by atoms with Crippen molar-refractivity contribution in [2.75, 3.05) is 18.6 Å². The molecule has 1 atom stereocenters. The molecule has 0 radical (unpaired) electrons. The molecule has 1 unspecified atom stereocenters. The van der Waals surface area contributed by atoms with Gasteiger partial charge in [0, 0.05) is 17.5 Å². The van der Waals surface area contributed by atoms with Gasteiger partial charge in [0.15, 0.2) is 6.61 Å². The van der Waals surface area contributed by atoms with Gasteiger partial charge in [-0.25, -0.2) is 9.59 Å². The standard InChI is InChI=1S/C16H17NO6S/c1-24-7-6-12(16(20)21)17-14(18)9-22-11-4-2-10-3-5-15(19)23-13(10)8-11/h2-5,8,12H,6-7,9H2,1H3,(H,17,18)(H,20,21). The van der Waals surface area contributed by atoms with Gasteiger partial charge in [0.2, 0.25) is 0 Å². The summed E-state index contributed by atoms with van der Waals surface area (Å²) in [5.74, 6) is -0.632. The molecule has 0 aliphatic carbocycles. The van der Waals surface area contributed by atoms with Crippen molar-refractivity contribution in [3.63, 3.8) is 0 Å². The molecule has 0 bridgehead atoms. The largest absolute Gasteiger partial charge is 0.484 e. The fraction of sp³-hybridized carbons (Fsp3) is 0.312. The van der Waals surface area contributed by atoms with Crippen molar-refractivity contribution in [2.45, 2.75) is 12.5 Å². The molecule has 1 heterocycles. The Hall–Kier alpha value is -2.48. The van der Waals surface area contributed by atoms with Crippen molar-refractivity contribution < 1.29 is 23.8 Å². The molecule has 2 rings (SSSR count). The van der Waals surface area contributed by atoms with E-state index in [9.17, 15) is 14.4 Å². The molecule has 1 amide bonds. The maximum absolute atomic E-state index is 11.8. The second-order valence-corrected chi connectivity index (χ2v) is 5.97. The van der Waals surface area contributed by atoms with Gasteiger partial charge in [-0.3, -0.25) is 4.79 Å². The van der Waals surface area contributed by atoms with Crippen LogP contribution in [0.2, 0.25) is 0 Å². The zero-order chi connectivity index (χ0) is 17.5. The van der Waals surface area contributed by atoms with Gasteiger partial charge in [-0.05, 0) is 36.6 Å². The van der Waals surface area contributed by atoms with Gasteiger partial charge in [-0.1, -0.05) is 0 Å². The molecule has 2 N–H and O–H groups in total. The molecule has 7 nitrogen and oxygen atoms in total. The number of benzene rings is 1. The number of fused-ring (bicyclic) bond motifs is 1. The Kier molecular flexibility index (Phi) is 6.25. The zero-order valence-electron chi connectivity index (χ0n) is 13.0. The third-order valence-corrected chi connectivity index (χ3v) is 3.85. The Morgan fingerprint density at radius 2 is 2.08 bits per heavy atom. The van der Waals surface area contributed by atoms with E-state index in [0.29, 0.717) is 23.5 Å². The lowest BCUT2D eigenvalue weighted by molar-refractivity contribution is -0.142. The number of ether oxygens (including phenoxy) is 1. The summed E-state index contributed by atoms with van der Waals surface area (Å²) in [7, 11) is 0. The van der Waals surface area contributed by atoms with E-state index < -0.39 is 23.5 Å². The molecule has 1 aromatic carbocycles.